The van der Waals surface area contributed by atoms with Crippen molar-refractivity contribution < 1.29 is 4.74 Å². The lowest BCUT2D eigenvalue weighted by Gasteiger charge is -2.25. The molecule has 0 spiro atoms. The zero-order chi connectivity index (χ0) is 11.8. The molecule has 0 aromatic heterocycles. The molecule has 2 fully saturated rings. The first-order valence-electron chi connectivity index (χ1n) is 6.78. The van der Waals surface area contributed by atoms with E-state index in [9.17, 15) is 0 Å². The fourth-order valence-electron chi connectivity index (χ4n) is 3.32. The topological polar surface area (TPSA) is 35.2 Å². The molecule has 2 bridgehead atoms. The molecule has 1 aromatic rings. The van der Waals surface area contributed by atoms with Gasteiger partial charge in [0, 0.05) is 12.0 Å². The van der Waals surface area contributed by atoms with Gasteiger partial charge in [-0.3, -0.25) is 0 Å². The Kier molecular flexibility index (Phi) is 2.93. The molecule has 4 unspecified atom stereocenters. The van der Waals surface area contributed by atoms with Crippen LogP contribution >= 0.6 is 0 Å². The Morgan fingerprint density at radius 3 is 2.94 bits per heavy atom. The summed E-state index contributed by atoms with van der Waals surface area (Å²) in [5.41, 5.74) is 9.09. The molecule has 4 atom stereocenters. The normalized spacial score (nSPS) is 32.9. The van der Waals surface area contributed by atoms with Gasteiger partial charge in [-0.1, -0.05) is 31.2 Å². The van der Waals surface area contributed by atoms with Crippen molar-refractivity contribution in [3.8, 4) is 0 Å². The molecule has 0 radical (unpaired) electrons. The quantitative estimate of drug-likeness (QED) is 0.868. The predicted molar refractivity (Wildman–Crippen MR) is 68.8 cm³/mol. The summed E-state index contributed by atoms with van der Waals surface area (Å²) in [7, 11) is 0. The molecule has 2 N–H and O–H groups in total. The highest BCUT2D eigenvalue weighted by atomic mass is 16.5. The summed E-state index contributed by atoms with van der Waals surface area (Å²) in [6.45, 7) is 2.19. The second-order valence-corrected chi connectivity index (χ2v) is 5.40. The van der Waals surface area contributed by atoms with Gasteiger partial charge in [0.1, 0.15) is 0 Å². The van der Waals surface area contributed by atoms with Crippen molar-refractivity contribution in [3.63, 3.8) is 0 Å². The van der Waals surface area contributed by atoms with E-state index in [0.717, 1.165) is 12.8 Å². The summed E-state index contributed by atoms with van der Waals surface area (Å²) < 4.78 is 5.90. The summed E-state index contributed by atoms with van der Waals surface area (Å²) in [6, 6.07) is 8.87. The first-order chi connectivity index (χ1) is 8.28. The molecule has 3 rings (SSSR count). The summed E-state index contributed by atoms with van der Waals surface area (Å²) >= 11 is 0. The number of hydrogen-bond donors (Lipinski definition) is 1. The van der Waals surface area contributed by atoms with Gasteiger partial charge < -0.3 is 10.5 Å². The molecular weight excluding hydrogens is 210 g/mol. The summed E-state index contributed by atoms with van der Waals surface area (Å²) in [4.78, 5) is 0. The highest BCUT2D eigenvalue weighted by Gasteiger charge is 2.43. The molecule has 0 saturated carbocycles. The van der Waals surface area contributed by atoms with E-state index in [1.807, 2.05) is 0 Å². The van der Waals surface area contributed by atoms with Crippen LogP contribution in [0.2, 0.25) is 0 Å². The molecule has 2 heterocycles. The van der Waals surface area contributed by atoms with E-state index in [-0.39, 0.29) is 6.04 Å². The van der Waals surface area contributed by atoms with E-state index >= 15 is 0 Å². The van der Waals surface area contributed by atoms with E-state index in [1.54, 1.807) is 0 Å². The molecule has 2 heteroatoms. The van der Waals surface area contributed by atoms with E-state index in [0.29, 0.717) is 18.1 Å². The number of fused-ring (bicyclic) bond motifs is 2. The van der Waals surface area contributed by atoms with Crippen LogP contribution in [-0.2, 0) is 11.2 Å². The summed E-state index contributed by atoms with van der Waals surface area (Å²) in [5.74, 6) is 0.529. The van der Waals surface area contributed by atoms with Gasteiger partial charge in [0.25, 0.3) is 0 Å². The molecule has 92 valence electrons. The third-order valence-corrected chi connectivity index (χ3v) is 4.36. The number of hydrogen-bond acceptors (Lipinski definition) is 2. The summed E-state index contributed by atoms with van der Waals surface area (Å²) in [6.07, 6.45) is 5.58. The fraction of sp³-hybridized carbons (Fsp3) is 0.600. The highest BCUT2D eigenvalue weighted by molar-refractivity contribution is 5.27. The molecule has 2 saturated heterocycles. The maximum atomic E-state index is 6.43. The van der Waals surface area contributed by atoms with Crippen molar-refractivity contribution in [1.82, 2.24) is 0 Å². The highest BCUT2D eigenvalue weighted by Crippen LogP contribution is 2.43. The Balaban J connectivity index is 1.79. The Hall–Kier alpha value is -0.860. The van der Waals surface area contributed by atoms with Crippen molar-refractivity contribution in [2.75, 3.05) is 0 Å². The number of ether oxygens (including phenoxy) is 1. The molecule has 17 heavy (non-hydrogen) atoms. The van der Waals surface area contributed by atoms with Crippen LogP contribution in [0.5, 0.6) is 0 Å². The van der Waals surface area contributed by atoms with Crippen LogP contribution in [0.1, 0.15) is 43.4 Å². The van der Waals surface area contributed by atoms with Crippen LogP contribution in [-0.4, -0.2) is 12.2 Å². The zero-order valence-electron chi connectivity index (χ0n) is 10.4. The third-order valence-electron chi connectivity index (χ3n) is 4.36. The SMILES string of the molecule is CCc1cccc(C(N)C2CC3CCC2O3)c1. The molecule has 0 amide bonds. The van der Waals surface area contributed by atoms with Gasteiger partial charge in [-0.15, -0.1) is 0 Å². The van der Waals surface area contributed by atoms with Gasteiger partial charge in [-0.2, -0.15) is 0 Å². The van der Waals surface area contributed by atoms with Crippen LogP contribution < -0.4 is 5.73 Å². The average Bonchev–Trinajstić information content (AvgIpc) is 3.00. The van der Waals surface area contributed by atoms with Crippen molar-refractivity contribution in [1.29, 1.82) is 0 Å². The molecular formula is C15H21NO. The Labute approximate surface area is 103 Å². The Morgan fingerprint density at radius 1 is 1.41 bits per heavy atom. The Bertz CT molecular complexity index is 404. The van der Waals surface area contributed by atoms with E-state index in [4.69, 9.17) is 10.5 Å². The van der Waals surface area contributed by atoms with Gasteiger partial charge in [0.05, 0.1) is 12.2 Å². The molecule has 1 aromatic carbocycles. The number of nitrogens with two attached hydrogens (primary N) is 1. The largest absolute Gasteiger partial charge is 0.375 e. The van der Waals surface area contributed by atoms with Gasteiger partial charge in [0.15, 0.2) is 0 Å². The summed E-state index contributed by atoms with van der Waals surface area (Å²) in [5, 5.41) is 0. The van der Waals surface area contributed by atoms with Gasteiger partial charge in [0.2, 0.25) is 0 Å². The average molecular weight is 231 g/mol. The number of aryl methyl sites for hydroxylation is 1. The first-order valence-corrected chi connectivity index (χ1v) is 6.78. The minimum Gasteiger partial charge on any atom is -0.375 e. The Morgan fingerprint density at radius 2 is 2.29 bits per heavy atom. The minimum absolute atomic E-state index is 0.150. The smallest absolute Gasteiger partial charge is 0.0627 e. The second kappa shape index (κ2) is 4.43. The van der Waals surface area contributed by atoms with Crippen LogP contribution in [0.25, 0.3) is 0 Å². The van der Waals surface area contributed by atoms with E-state index < -0.39 is 0 Å². The van der Waals surface area contributed by atoms with Gasteiger partial charge in [-0.25, -0.2) is 0 Å². The minimum atomic E-state index is 0.150. The van der Waals surface area contributed by atoms with Crippen LogP contribution in [0, 0.1) is 5.92 Å². The van der Waals surface area contributed by atoms with Crippen molar-refractivity contribution in [3.05, 3.63) is 35.4 Å². The predicted octanol–water partition coefficient (Wildman–Crippen LogP) is 2.82. The second-order valence-electron chi connectivity index (χ2n) is 5.40. The molecule has 2 aliphatic rings. The fourth-order valence-corrected chi connectivity index (χ4v) is 3.32. The van der Waals surface area contributed by atoms with Crippen molar-refractivity contribution in [2.45, 2.75) is 50.9 Å². The van der Waals surface area contributed by atoms with Crippen molar-refractivity contribution >= 4 is 0 Å². The maximum Gasteiger partial charge on any atom is 0.0627 e. The van der Waals surface area contributed by atoms with Crippen molar-refractivity contribution in [2.24, 2.45) is 11.7 Å². The van der Waals surface area contributed by atoms with Gasteiger partial charge in [-0.05, 0) is 36.8 Å². The zero-order valence-corrected chi connectivity index (χ0v) is 10.4. The number of benzene rings is 1. The van der Waals surface area contributed by atoms with Crippen LogP contribution in [0.4, 0.5) is 0 Å². The lowest BCUT2D eigenvalue weighted by atomic mass is 9.81. The monoisotopic (exact) mass is 231 g/mol. The van der Waals surface area contributed by atoms with E-state index in [1.165, 1.54) is 24.0 Å². The maximum absolute atomic E-state index is 6.43. The third kappa shape index (κ3) is 2.00. The van der Waals surface area contributed by atoms with Gasteiger partial charge >= 0.3 is 0 Å². The first kappa shape index (κ1) is 11.2. The number of rotatable bonds is 3. The molecule has 2 aliphatic heterocycles. The lowest BCUT2D eigenvalue weighted by Crippen LogP contribution is -2.29. The van der Waals surface area contributed by atoms with Crippen LogP contribution in [0.3, 0.4) is 0 Å². The molecule has 2 nitrogen and oxygen atoms in total. The standard InChI is InChI=1S/C15H21NO/c1-2-10-4-3-5-11(8-10)15(16)13-9-12-6-7-14(13)17-12/h3-5,8,12-15H,2,6-7,9,16H2,1H3. The lowest BCUT2D eigenvalue weighted by molar-refractivity contribution is 0.0885. The van der Waals surface area contributed by atoms with Crippen LogP contribution in [0.15, 0.2) is 24.3 Å². The van der Waals surface area contributed by atoms with E-state index in [2.05, 4.69) is 31.2 Å². The molecule has 0 aliphatic carbocycles.